The van der Waals surface area contributed by atoms with Gasteiger partial charge in [0.15, 0.2) is 0 Å². The third-order valence-corrected chi connectivity index (χ3v) is 4.07. The van der Waals surface area contributed by atoms with Crippen LogP contribution in [0.1, 0.15) is 38.2 Å². The van der Waals surface area contributed by atoms with Gasteiger partial charge in [0.25, 0.3) is 0 Å². The van der Waals surface area contributed by atoms with Gasteiger partial charge in [0, 0.05) is 12.6 Å². The summed E-state index contributed by atoms with van der Waals surface area (Å²) in [6.07, 6.45) is 5.20. The van der Waals surface area contributed by atoms with Crippen LogP contribution in [0.3, 0.4) is 0 Å². The molecule has 0 aromatic heterocycles. The lowest BCUT2D eigenvalue weighted by molar-refractivity contribution is 0.222. The van der Waals surface area contributed by atoms with Crippen molar-refractivity contribution in [2.45, 2.75) is 45.1 Å². The molecular weight excluding hydrogens is 255 g/mol. The molecule has 1 aromatic carbocycles. The van der Waals surface area contributed by atoms with Crippen LogP contribution in [0.15, 0.2) is 24.3 Å². The van der Waals surface area contributed by atoms with Crippen LogP contribution in [0.2, 0.25) is 0 Å². The Morgan fingerprint density at radius 1 is 1.30 bits per heavy atom. The number of carbonyl (C=O) groups is 1. The smallest absolute Gasteiger partial charge is 0.315 e. The van der Waals surface area contributed by atoms with Crippen molar-refractivity contribution >= 4 is 6.03 Å². The molecule has 2 rings (SSSR count). The Balaban J connectivity index is 1.71. The fourth-order valence-corrected chi connectivity index (χ4v) is 2.76. The monoisotopic (exact) mass is 278 g/mol. The van der Waals surface area contributed by atoms with Gasteiger partial charge in [0.2, 0.25) is 0 Å². The Kier molecular flexibility index (Phi) is 5.39. The first kappa shape index (κ1) is 14.8. The summed E-state index contributed by atoms with van der Waals surface area (Å²) in [5.41, 5.74) is 0.638. The number of nitrogens with one attached hydrogen (secondary N) is 2. The van der Waals surface area contributed by atoms with Gasteiger partial charge in [-0.15, -0.1) is 0 Å². The average Bonchev–Trinajstić information content (AvgIpc) is 2.43. The molecule has 1 aliphatic carbocycles. The van der Waals surface area contributed by atoms with Gasteiger partial charge in [-0.05, 0) is 36.8 Å². The second-order valence-electron chi connectivity index (χ2n) is 5.61. The van der Waals surface area contributed by atoms with Crippen molar-refractivity contribution in [2.75, 3.05) is 6.54 Å². The average molecular weight is 278 g/mol. The van der Waals surface area contributed by atoms with E-state index in [0.29, 0.717) is 24.4 Å². The van der Waals surface area contributed by atoms with Gasteiger partial charge >= 0.3 is 6.03 Å². The summed E-state index contributed by atoms with van der Waals surface area (Å²) in [5, 5.41) is 5.84. The lowest BCUT2D eigenvalue weighted by atomic mass is 9.86. The molecular formula is C16H23FN2O. The topological polar surface area (TPSA) is 41.1 Å². The van der Waals surface area contributed by atoms with E-state index in [9.17, 15) is 9.18 Å². The standard InChI is InChI=1S/C16H23FN2O/c1-12-6-2-5-9-15(12)19-16(20)18-11-10-13-7-3-4-8-14(13)17/h3-4,7-8,12,15H,2,5-6,9-11H2,1H3,(H2,18,19,20)/t12-,15+/m1/s1. The van der Waals surface area contributed by atoms with E-state index in [-0.39, 0.29) is 17.9 Å². The predicted octanol–water partition coefficient (Wildman–Crippen LogP) is 3.25. The Bertz CT molecular complexity index is 450. The molecule has 1 aliphatic rings. The number of urea groups is 1. The summed E-state index contributed by atoms with van der Waals surface area (Å²) in [7, 11) is 0. The molecule has 0 saturated heterocycles. The van der Waals surface area contributed by atoms with Gasteiger partial charge in [0.05, 0.1) is 0 Å². The van der Waals surface area contributed by atoms with Gasteiger partial charge in [-0.2, -0.15) is 0 Å². The molecule has 2 amide bonds. The van der Waals surface area contributed by atoms with Crippen molar-refractivity contribution < 1.29 is 9.18 Å². The molecule has 3 nitrogen and oxygen atoms in total. The Hall–Kier alpha value is -1.58. The molecule has 110 valence electrons. The number of hydrogen-bond donors (Lipinski definition) is 2. The molecule has 0 unspecified atom stereocenters. The molecule has 0 heterocycles. The summed E-state index contributed by atoms with van der Waals surface area (Å²) in [4.78, 5) is 11.8. The molecule has 1 fully saturated rings. The minimum atomic E-state index is -0.212. The van der Waals surface area contributed by atoms with E-state index in [1.54, 1.807) is 12.1 Å². The maximum Gasteiger partial charge on any atom is 0.315 e. The van der Waals surface area contributed by atoms with E-state index in [2.05, 4.69) is 17.6 Å². The first-order valence-corrected chi connectivity index (χ1v) is 7.44. The molecule has 0 radical (unpaired) electrons. The number of benzene rings is 1. The van der Waals surface area contributed by atoms with Crippen molar-refractivity contribution in [2.24, 2.45) is 5.92 Å². The van der Waals surface area contributed by atoms with Crippen molar-refractivity contribution in [3.8, 4) is 0 Å². The maximum atomic E-state index is 13.4. The number of hydrogen-bond acceptors (Lipinski definition) is 1. The minimum Gasteiger partial charge on any atom is -0.338 e. The third kappa shape index (κ3) is 4.22. The first-order valence-electron chi connectivity index (χ1n) is 7.44. The molecule has 2 N–H and O–H groups in total. The number of amides is 2. The zero-order chi connectivity index (χ0) is 14.4. The molecule has 0 spiro atoms. The van der Waals surface area contributed by atoms with Gasteiger partial charge in [-0.1, -0.05) is 38.0 Å². The number of halogens is 1. The molecule has 4 heteroatoms. The number of carbonyl (C=O) groups excluding carboxylic acids is 1. The van der Waals surface area contributed by atoms with E-state index in [1.807, 2.05) is 6.07 Å². The second-order valence-corrected chi connectivity index (χ2v) is 5.61. The summed E-state index contributed by atoms with van der Waals surface area (Å²) in [6, 6.07) is 6.81. The fourth-order valence-electron chi connectivity index (χ4n) is 2.76. The molecule has 1 aromatic rings. The van der Waals surface area contributed by atoms with Gasteiger partial charge in [-0.3, -0.25) is 0 Å². The highest BCUT2D eigenvalue weighted by Gasteiger charge is 2.22. The Labute approximate surface area is 120 Å². The quantitative estimate of drug-likeness (QED) is 0.872. The van der Waals surface area contributed by atoms with E-state index >= 15 is 0 Å². The van der Waals surface area contributed by atoms with E-state index in [4.69, 9.17) is 0 Å². The van der Waals surface area contributed by atoms with Crippen molar-refractivity contribution in [1.82, 2.24) is 10.6 Å². The zero-order valence-electron chi connectivity index (χ0n) is 12.0. The van der Waals surface area contributed by atoms with Crippen LogP contribution < -0.4 is 10.6 Å². The van der Waals surface area contributed by atoms with E-state index in [1.165, 1.54) is 25.3 Å². The van der Waals surface area contributed by atoms with Crippen molar-refractivity contribution in [1.29, 1.82) is 0 Å². The molecule has 0 aliphatic heterocycles. The van der Waals surface area contributed by atoms with E-state index in [0.717, 1.165) is 6.42 Å². The summed E-state index contributed by atoms with van der Waals surface area (Å²) in [5.74, 6) is 0.330. The van der Waals surface area contributed by atoms with Crippen LogP contribution in [0, 0.1) is 11.7 Å². The number of rotatable bonds is 4. The van der Waals surface area contributed by atoms with Crippen LogP contribution in [0.4, 0.5) is 9.18 Å². The zero-order valence-corrected chi connectivity index (χ0v) is 12.0. The molecule has 20 heavy (non-hydrogen) atoms. The lowest BCUT2D eigenvalue weighted by Gasteiger charge is -2.29. The largest absolute Gasteiger partial charge is 0.338 e. The van der Waals surface area contributed by atoms with Gasteiger partial charge < -0.3 is 10.6 Å². The maximum absolute atomic E-state index is 13.4. The van der Waals surface area contributed by atoms with Gasteiger partial charge in [-0.25, -0.2) is 9.18 Å². The highest BCUT2D eigenvalue weighted by atomic mass is 19.1. The second kappa shape index (κ2) is 7.27. The normalized spacial score (nSPS) is 22.3. The minimum absolute atomic E-state index is 0.139. The van der Waals surface area contributed by atoms with Crippen LogP contribution in [-0.2, 0) is 6.42 Å². The van der Waals surface area contributed by atoms with Crippen LogP contribution in [-0.4, -0.2) is 18.6 Å². The van der Waals surface area contributed by atoms with Crippen molar-refractivity contribution in [3.63, 3.8) is 0 Å². The summed E-state index contributed by atoms with van der Waals surface area (Å²) in [6.45, 7) is 2.64. The first-order chi connectivity index (χ1) is 9.66. The summed E-state index contributed by atoms with van der Waals surface area (Å²) < 4.78 is 13.4. The van der Waals surface area contributed by atoms with Crippen LogP contribution in [0.25, 0.3) is 0 Å². The summed E-state index contributed by atoms with van der Waals surface area (Å²) >= 11 is 0. The van der Waals surface area contributed by atoms with Crippen LogP contribution >= 0.6 is 0 Å². The molecule has 2 atom stereocenters. The Morgan fingerprint density at radius 3 is 2.80 bits per heavy atom. The molecule has 1 saturated carbocycles. The third-order valence-electron chi connectivity index (χ3n) is 4.07. The Morgan fingerprint density at radius 2 is 2.05 bits per heavy atom. The highest BCUT2D eigenvalue weighted by molar-refractivity contribution is 5.74. The fraction of sp³-hybridized carbons (Fsp3) is 0.562. The van der Waals surface area contributed by atoms with Gasteiger partial charge in [0.1, 0.15) is 5.82 Å². The van der Waals surface area contributed by atoms with Crippen LogP contribution in [0.5, 0.6) is 0 Å². The predicted molar refractivity (Wildman–Crippen MR) is 78.1 cm³/mol. The van der Waals surface area contributed by atoms with Crippen molar-refractivity contribution in [3.05, 3.63) is 35.6 Å². The molecule has 0 bridgehead atoms. The van der Waals surface area contributed by atoms with E-state index < -0.39 is 0 Å². The highest BCUT2D eigenvalue weighted by Crippen LogP contribution is 2.23. The lowest BCUT2D eigenvalue weighted by Crippen LogP contribution is -2.46. The SMILES string of the molecule is C[C@@H]1CCCC[C@@H]1NC(=O)NCCc1ccccc1F.